The molecule has 0 bridgehead atoms. The van der Waals surface area contributed by atoms with Crippen molar-refractivity contribution in [2.24, 2.45) is 0 Å². The number of hydrogen-bond donors (Lipinski definition) is 1. The predicted octanol–water partition coefficient (Wildman–Crippen LogP) is 3.13. The van der Waals surface area contributed by atoms with Crippen molar-refractivity contribution in [1.29, 1.82) is 0 Å². The zero-order valence-electron chi connectivity index (χ0n) is 8.81. The van der Waals surface area contributed by atoms with Crippen LogP contribution in [0.25, 0.3) is 0 Å². The molecule has 0 amide bonds. The van der Waals surface area contributed by atoms with E-state index in [2.05, 4.69) is 36.5 Å². The van der Waals surface area contributed by atoms with Crippen molar-refractivity contribution in [3.63, 3.8) is 0 Å². The van der Waals surface area contributed by atoms with Crippen LogP contribution in [0.3, 0.4) is 0 Å². The first kappa shape index (κ1) is 9.99. The molecule has 78 valence electrons. The van der Waals surface area contributed by atoms with Gasteiger partial charge in [0, 0.05) is 6.04 Å². The van der Waals surface area contributed by atoms with Crippen molar-refractivity contribution in [2.75, 3.05) is 0 Å². The summed E-state index contributed by atoms with van der Waals surface area (Å²) in [5, 5.41) is 3.41. The molecule has 15 heavy (non-hydrogen) atoms. The van der Waals surface area contributed by atoms with E-state index in [4.69, 9.17) is 4.42 Å². The maximum atomic E-state index is 5.26. The largest absolute Gasteiger partial charge is 0.468 e. The van der Waals surface area contributed by atoms with Gasteiger partial charge in [-0.2, -0.15) is 0 Å². The Morgan fingerprint density at radius 1 is 1.13 bits per heavy atom. The second-order valence-electron chi connectivity index (χ2n) is 3.59. The van der Waals surface area contributed by atoms with Crippen LogP contribution < -0.4 is 5.32 Å². The predicted molar refractivity (Wildman–Crippen MR) is 60.4 cm³/mol. The van der Waals surface area contributed by atoms with Crippen molar-refractivity contribution in [3.05, 3.63) is 60.1 Å². The van der Waals surface area contributed by atoms with Gasteiger partial charge in [0.1, 0.15) is 5.76 Å². The van der Waals surface area contributed by atoms with Crippen molar-refractivity contribution < 1.29 is 4.42 Å². The summed E-state index contributed by atoms with van der Waals surface area (Å²) in [4.78, 5) is 0. The summed E-state index contributed by atoms with van der Waals surface area (Å²) in [5.74, 6) is 0.970. The third kappa shape index (κ3) is 2.70. The van der Waals surface area contributed by atoms with Gasteiger partial charge in [0.15, 0.2) is 0 Å². The first-order valence-corrected chi connectivity index (χ1v) is 5.17. The molecule has 0 aliphatic heterocycles. The number of nitrogens with one attached hydrogen (secondary N) is 1. The van der Waals surface area contributed by atoms with Gasteiger partial charge < -0.3 is 9.73 Å². The Bertz CT molecular complexity index is 380. The molecule has 1 aromatic heterocycles. The normalized spacial score (nSPS) is 12.6. The lowest BCUT2D eigenvalue weighted by atomic mass is 10.1. The summed E-state index contributed by atoms with van der Waals surface area (Å²) in [6, 6.07) is 14.6. The van der Waals surface area contributed by atoms with Crippen molar-refractivity contribution in [2.45, 2.75) is 19.5 Å². The Labute approximate surface area is 89.9 Å². The molecule has 1 heterocycles. The molecule has 0 unspecified atom stereocenters. The molecular weight excluding hydrogens is 186 g/mol. The molecule has 1 atom stereocenters. The molecule has 2 heteroatoms. The van der Waals surface area contributed by atoms with Gasteiger partial charge in [-0.25, -0.2) is 0 Å². The maximum Gasteiger partial charge on any atom is 0.117 e. The Morgan fingerprint density at radius 2 is 1.93 bits per heavy atom. The first-order valence-electron chi connectivity index (χ1n) is 5.17. The second kappa shape index (κ2) is 4.80. The summed E-state index contributed by atoms with van der Waals surface area (Å²) >= 11 is 0. The minimum atomic E-state index is 0.344. The zero-order valence-corrected chi connectivity index (χ0v) is 8.81. The van der Waals surface area contributed by atoms with E-state index in [-0.39, 0.29) is 0 Å². The number of rotatable bonds is 4. The van der Waals surface area contributed by atoms with E-state index in [1.807, 2.05) is 18.2 Å². The lowest BCUT2D eigenvalue weighted by Crippen LogP contribution is -2.17. The monoisotopic (exact) mass is 201 g/mol. The SMILES string of the molecule is C[C@@H](NCc1ccco1)c1ccccc1. The minimum Gasteiger partial charge on any atom is -0.468 e. The van der Waals surface area contributed by atoms with Gasteiger partial charge in [0.2, 0.25) is 0 Å². The van der Waals surface area contributed by atoms with Gasteiger partial charge in [0.05, 0.1) is 12.8 Å². The van der Waals surface area contributed by atoms with E-state index in [9.17, 15) is 0 Å². The third-order valence-corrected chi connectivity index (χ3v) is 2.46. The van der Waals surface area contributed by atoms with Crippen LogP contribution in [-0.4, -0.2) is 0 Å². The molecule has 0 radical (unpaired) electrons. The molecule has 0 fully saturated rings. The molecule has 0 spiro atoms. The van der Waals surface area contributed by atoms with Gasteiger partial charge >= 0.3 is 0 Å². The average molecular weight is 201 g/mol. The van der Waals surface area contributed by atoms with E-state index >= 15 is 0 Å². The minimum absolute atomic E-state index is 0.344. The van der Waals surface area contributed by atoms with Gasteiger partial charge in [-0.05, 0) is 24.6 Å². The van der Waals surface area contributed by atoms with Crippen LogP contribution in [0.2, 0.25) is 0 Å². The van der Waals surface area contributed by atoms with Crippen LogP contribution in [0.15, 0.2) is 53.1 Å². The highest BCUT2D eigenvalue weighted by atomic mass is 16.3. The Kier molecular flexibility index (Phi) is 3.20. The molecule has 0 aliphatic rings. The highest BCUT2D eigenvalue weighted by molar-refractivity contribution is 5.18. The van der Waals surface area contributed by atoms with Gasteiger partial charge in [-0.3, -0.25) is 0 Å². The quantitative estimate of drug-likeness (QED) is 0.822. The van der Waals surface area contributed by atoms with E-state index in [1.54, 1.807) is 6.26 Å². The summed E-state index contributed by atoms with van der Waals surface area (Å²) < 4.78 is 5.26. The van der Waals surface area contributed by atoms with Crippen LogP contribution in [0.1, 0.15) is 24.3 Å². The van der Waals surface area contributed by atoms with Crippen molar-refractivity contribution in [1.82, 2.24) is 5.32 Å². The lowest BCUT2D eigenvalue weighted by molar-refractivity contribution is 0.460. The van der Waals surface area contributed by atoms with Crippen molar-refractivity contribution >= 4 is 0 Å². The smallest absolute Gasteiger partial charge is 0.117 e. The van der Waals surface area contributed by atoms with E-state index in [0.29, 0.717) is 6.04 Å². The molecule has 2 nitrogen and oxygen atoms in total. The fourth-order valence-corrected chi connectivity index (χ4v) is 1.53. The van der Waals surface area contributed by atoms with Gasteiger partial charge in [0.25, 0.3) is 0 Å². The van der Waals surface area contributed by atoms with E-state index < -0.39 is 0 Å². The Morgan fingerprint density at radius 3 is 2.60 bits per heavy atom. The summed E-state index contributed by atoms with van der Waals surface area (Å²) in [5.41, 5.74) is 1.30. The molecule has 0 saturated heterocycles. The van der Waals surface area contributed by atoms with Crippen LogP contribution in [-0.2, 0) is 6.54 Å². The first-order chi connectivity index (χ1) is 7.36. The maximum absolute atomic E-state index is 5.26. The fraction of sp³-hybridized carbons (Fsp3) is 0.231. The molecule has 2 aromatic rings. The van der Waals surface area contributed by atoms with E-state index in [1.165, 1.54) is 5.56 Å². The molecule has 1 aromatic carbocycles. The molecule has 2 rings (SSSR count). The molecule has 0 saturated carbocycles. The van der Waals surface area contributed by atoms with E-state index in [0.717, 1.165) is 12.3 Å². The van der Waals surface area contributed by atoms with Crippen molar-refractivity contribution in [3.8, 4) is 0 Å². The van der Waals surface area contributed by atoms with Crippen LogP contribution in [0, 0.1) is 0 Å². The number of benzene rings is 1. The van der Waals surface area contributed by atoms with Crippen LogP contribution in [0.4, 0.5) is 0 Å². The molecule has 0 aliphatic carbocycles. The fourth-order valence-electron chi connectivity index (χ4n) is 1.53. The average Bonchev–Trinajstić information content (AvgIpc) is 2.80. The molecule has 1 N–H and O–H groups in total. The number of furan rings is 1. The Hall–Kier alpha value is -1.54. The molecular formula is C13H15NO. The van der Waals surface area contributed by atoms with Gasteiger partial charge in [-0.1, -0.05) is 30.3 Å². The summed E-state index contributed by atoms with van der Waals surface area (Å²) in [7, 11) is 0. The number of hydrogen-bond acceptors (Lipinski definition) is 2. The summed E-state index contributed by atoms with van der Waals surface area (Å²) in [6.07, 6.45) is 1.70. The Balaban J connectivity index is 1.90. The zero-order chi connectivity index (χ0) is 10.5. The van der Waals surface area contributed by atoms with Gasteiger partial charge in [-0.15, -0.1) is 0 Å². The lowest BCUT2D eigenvalue weighted by Gasteiger charge is -2.12. The topological polar surface area (TPSA) is 25.2 Å². The summed E-state index contributed by atoms with van der Waals surface area (Å²) in [6.45, 7) is 2.92. The highest BCUT2D eigenvalue weighted by Gasteiger charge is 2.04. The second-order valence-corrected chi connectivity index (χ2v) is 3.59. The standard InChI is InChI=1S/C13H15NO/c1-11(12-6-3-2-4-7-12)14-10-13-8-5-9-15-13/h2-9,11,14H,10H2,1H3/t11-/m1/s1. The van der Waals surface area contributed by atoms with Crippen LogP contribution >= 0.6 is 0 Å². The third-order valence-electron chi connectivity index (χ3n) is 2.46. The highest BCUT2D eigenvalue weighted by Crippen LogP contribution is 2.12. The van der Waals surface area contributed by atoms with Crippen LogP contribution in [0.5, 0.6) is 0 Å².